The second kappa shape index (κ2) is 6.71. The number of hydrogen-bond acceptors (Lipinski definition) is 2. The first-order chi connectivity index (χ1) is 6.11. The van der Waals surface area contributed by atoms with E-state index in [1.165, 1.54) is 0 Å². The molecular formula is C9H22N4. The number of nitrogens with zero attached hydrogens (tertiary/aromatic N) is 3. The molecule has 0 radical (unpaired) electrons. The molecule has 4 nitrogen and oxygen atoms in total. The summed E-state index contributed by atoms with van der Waals surface area (Å²) in [7, 11) is 4.06. The molecule has 0 aromatic heterocycles. The fourth-order valence-electron chi connectivity index (χ4n) is 1.01. The number of rotatable bonds is 5. The van der Waals surface area contributed by atoms with Crippen LogP contribution in [0.2, 0.25) is 0 Å². The van der Waals surface area contributed by atoms with Gasteiger partial charge in [0.25, 0.3) is 0 Å². The van der Waals surface area contributed by atoms with Gasteiger partial charge in [-0.1, -0.05) is 0 Å². The smallest absolute Gasteiger partial charge is 0.191 e. The molecule has 0 spiro atoms. The average molecular weight is 186 g/mol. The van der Waals surface area contributed by atoms with E-state index in [2.05, 4.69) is 28.6 Å². The highest BCUT2D eigenvalue weighted by Crippen LogP contribution is 1.87. The van der Waals surface area contributed by atoms with Crippen LogP contribution in [0.25, 0.3) is 0 Å². The van der Waals surface area contributed by atoms with Crippen molar-refractivity contribution in [1.29, 1.82) is 0 Å². The van der Waals surface area contributed by atoms with Crippen LogP contribution >= 0.6 is 0 Å². The monoisotopic (exact) mass is 186 g/mol. The van der Waals surface area contributed by atoms with Gasteiger partial charge >= 0.3 is 0 Å². The Labute approximate surface area is 81.4 Å². The number of guanidine groups is 1. The van der Waals surface area contributed by atoms with Gasteiger partial charge in [-0.2, -0.15) is 0 Å². The van der Waals surface area contributed by atoms with Crippen LogP contribution in [0.1, 0.15) is 13.8 Å². The van der Waals surface area contributed by atoms with Crippen molar-refractivity contribution in [2.75, 3.05) is 40.3 Å². The van der Waals surface area contributed by atoms with Crippen molar-refractivity contribution in [3.63, 3.8) is 0 Å². The molecular weight excluding hydrogens is 164 g/mol. The van der Waals surface area contributed by atoms with Crippen LogP contribution in [0.15, 0.2) is 4.99 Å². The number of aliphatic imine (C=N–C) groups is 1. The van der Waals surface area contributed by atoms with Crippen LogP contribution in [0.3, 0.4) is 0 Å². The molecule has 0 heterocycles. The van der Waals surface area contributed by atoms with Gasteiger partial charge in [0.2, 0.25) is 0 Å². The average Bonchev–Trinajstić information content (AvgIpc) is 2.05. The van der Waals surface area contributed by atoms with E-state index in [4.69, 9.17) is 5.73 Å². The van der Waals surface area contributed by atoms with E-state index in [0.29, 0.717) is 5.96 Å². The van der Waals surface area contributed by atoms with Crippen molar-refractivity contribution in [2.45, 2.75) is 13.8 Å². The molecule has 0 aromatic rings. The highest BCUT2D eigenvalue weighted by molar-refractivity contribution is 5.77. The van der Waals surface area contributed by atoms with Gasteiger partial charge in [-0.3, -0.25) is 4.99 Å². The lowest BCUT2D eigenvalue weighted by Crippen LogP contribution is -2.37. The molecule has 0 saturated carbocycles. The third kappa shape index (κ3) is 5.47. The van der Waals surface area contributed by atoms with Crippen molar-refractivity contribution < 1.29 is 0 Å². The maximum Gasteiger partial charge on any atom is 0.191 e. The standard InChI is InChI=1S/C9H22N4/c1-5-13(6-2)9(10)11-7-8-12(3)4/h5-8H2,1-4H3,(H2,10,11). The van der Waals surface area contributed by atoms with Gasteiger partial charge in [0, 0.05) is 19.6 Å². The van der Waals surface area contributed by atoms with Crippen LogP contribution < -0.4 is 5.73 Å². The van der Waals surface area contributed by atoms with Crippen molar-refractivity contribution in [3.8, 4) is 0 Å². The Hall–Kier alpha value is -0.770. The molecule has 13 heavy (non-hydrogen) atoms. The molecule has 0 bridgehead atoms. The largest absolute Gasteiger partial charge is 0.370 e. The Morgan fingerprint density at radius 1 is 1.23 bits per heavy atom. The Bertz CT molecular complexity index is 150. The normalized spacial score (nSPS) is 12.2. The van der Waals surface area contributed by atoms with E-state index in [0.717, 1.165) is 26.2 Å². The number of hydrogen-bond donors (Lipinski definition) is 1. The van der Waals surface area contributed by atoms with Crippen LogP contribution in [0, 0.1) is 0 Å². The maximum atomic E-state index is 5.78. The van der Waals surface area contributed by atoms with Gasteiger partial charge in [0.15, 0.2) is 5.96 Å². The summed E-state index contributed by atoms with van der Waals surface area (Å²) in [4.78, 5) is 8.43. The summed E-state index contributed by atoms with van der Waals surface area (Å²) in [5, 5.41) is 0. The zero-order valence-electron chi connectivity index (χ0n) is 9.25. The first-order valence-corrected chi connectivity index (χ1v) is 4.81. The Morgan fingerprint density at radius 2 is 1.77 bits per heavy atom. The van der Waals surface area contributed by atoms with Gasteiger partial charge in [0.1, 0.15) is 0 Å². The van der Waals surface area contributed by atoms with E-state index in [9.17, 15) is 0 Å². The highest BCUT2D eigenvalue weighted by Gasteiger charge is 2.00. The minimum Gasteiger partial charge on any atom is -0.370 e. The minimum atomic E-state index is 0.659. The lowest BCUT2D eigenvalue weighted by molar-refractivity contribution is 0.415. The topological polar surface area (TPSA) is 44.9 Å². The van der Waals surface area contributed by atoms with Crippen LogP contribution in [0.5, 0.6) is 0 Å². The molecule has 0 fully saturated rings. The summed E-state index contributed by atoms with van der Waals surface area (Å²) in [5.74, 6) is 0.659. The Morgan fingerprint density at radius 3 is 2.15 bits per heavy atom. The predicted octanol–water partition coefficient (Wildman–Crippen LogP) is 0.205. The fraction of sp³-hybridized carbons (Fsp3) is 0.889. The SMILES string of the molecule is CCN(CC)C(N)=NCCN(C)C. The molecule has 0 aliphatic heterocycles. The molecule has 0 aliphatic carbocycles. The first kappa shape index (κ1) is 12.2. The summed E-state index contributed by atoms with van der Waals surface area (Å²) in [6, 6.07) is 0. The van der Waals surface area contributed by atoms with Crippen LogP contribution in [0.4, 0.5) is 0 Å². The van der Waals surface area contributed by atoms with E-state index in [1.807, 2.05) is 14.1 Å². The maximum absolute atomic E-state index is 5.78. The second-order valence-electron chi connectivity index (χ2n) is 3.22. The van der Waals surface area contributed by atoms with E-state index >= 15 is 0 Å². The zero-order chi connectivity index (χ0) is 10.3. The van der Waals surface area contributed by atoms with Gasteiger partial charge in [-0.05, 0) is 27.9 Å². The zero-order valence-corrected chi connectivity index (χ0v) is 9.25. The first-order valence-electron chi connectivity index (χ1n) is 4.81. The Balaban J connectivity index is 3.85. The predicted molar refractivity (Wildman–Crippen MR) is 58.0 cm³/mol. The third-order valence-corrected chi connectivity index (χ3v) is 1.91. The van der Waals surface area contributed by atoms with E-state index in [-0.39, 0.29) is 0 Å². The molecule has 0 aromatic carbocycles. The van der Waals surface area contributed by atoms with Crippen molar-refractivity contribution >= 4 is 5.96 Å². The van der Waals surface area contributed by atoms with Crippen molar-refractivity contribution in [3.05, 3.63) is 0 Å². The van der Waals surface area contributed by atoms with Gasteiger partial charge in [-0.25, -0.2) is 0 Å². The molecule has 0 amide bonds. The lowest BCUT2D eigenvalue weighted by Gasteiger charge is -2.19. The molecule has 0 aliphatic rings. The summed E-state index contributed by atoms with van der Waals surface area (Å²) >= 11 is 0. The van der Waals surface area contributed by atoms with Gasteiger partial charge in [-0.15, -0.1) is 0 Å². The molecule has 2 N–H and O–H groups in total. The quantitative estimate of drug-likeness (QED) is 0.493. The molecule has 78 valence electrons. The van der Waals surface area contributed by atoms with Gasteiger partial charge < -0.3 is 15.5 Å². The number of likely N-dealkylation sites (N-methyl/N-ethyl adjacent to an activating group) is 1. The Kier molecular flexibility index (Phi) is 6.32. The highest BCUT2D eigenvalue weighted by atomic mass is 15.2. The fourth-order valence-corrected chi connectivity index (χ4v) is 1.01. The van der Waals surface area contributed by atoms with Crippen molar-refractivity contribution in [2.24, 2.45) is 10.7 Å². The van der Waals surface area contributed by atoms with Gasteiger partial charge in [0.05, 0.1) is 6.54 Å². The molecule has 0 atom stereocenters. The lowest BCUT2D eigenvalue weighted by atomic mass is 10.5. The second-order valence-corrected chi connectivity index (χ2v) is 3.22. The van der Waals surface area contributed by atoms with E-state index in [1.54, 1.807) is 0 Å². The summed E-state index contributed by atoms with van der Waals surface area (Å²) in [5.41, 5.74) is 5.78. The van der Waals surface area contributed by atoms with E-state index < -0.39 is 0 Å². The van der Waals surface area contributed by atoms with Crippen LogP contribution in [-0.2, 0) is 0 Å². The summed E-state index contributed by atoms with van der Waals surface area (Å²) in [6.07, 6.45) is 0. The third-order valence-electron chi connectivity index (χ3n) is 1.91. The molecule has 0 unspecified atom stereocenters. The van der Waals surface area contributed by atoms with Crippen LogP contribution in [-0.4, -0.2) is 56.0 Å². The molecule has 0 rings (SSSR count). The molecule has 0 saturated heterocycles. The molecule has 4 heteroatoms. The summed E-state index contributed by atoms with van der Waals surface area (Å²) < 4.78 is 0. The summed E-state index contributed by atoms with van der Waals surface area (Å²) in [6.45, 7) is 7.73. The number of nitrogens with two attached hydrogens (primary N) is 1. The minimum absolute atomic E-state index is 0.659. The van der Waals surface area contributed by atoms with Crippen molar-refractivity contribution in [1.82, 2.24) is 9.80 Å².